The molecule has 0 aliphatic rings. The van der Waals surface area contributed by atoms with Crippen molar-refractivity contribution in [1.29, 1.82) is 0 Å². The third kappa shape index (κ3) is 2.93. The Kier molecular flexibility index (Phi) is 3.23. The predicted molar refractivity (Wildman–Crippen MR) is 70.3 cm³/mol. The van der Waals surface area contributed by atoms with Gasteiger partial charge in [0.25, 0.3) is 0 Å². The van der Waals surface area contributed by atoms with Crippen molar-refractivity contribution in [3.05, 3.63) is 41.7 Å². The van der Waals surface area contributed by atoms with Crippen LogP contribution in [0.5, 0.6) is 0 Å². The Hall–Kier alpha value is -2.10. The molecule has 0 unspecified atom stereocenters. The van der Waals surface area contributed by atoms with Crippen molar-refractivity contribution < 1.29 is 0 Å². The van der Waals surface area contributed by atoms with Crippen molar-refractivity contribution in [2.24, 2.45) is 0 Å². The number of rotatable bonds is 3. The Labute approximate surface area is 101 Å². The number of aryl methyl sites for hydroxylation is 2. The second-order valence-corrected chi connectivity index (χ2v) is 3.90. The third-order valence-electron chi connectivity index (χ3n) is 2.47. The lowest BCUT2D eigenvalue weighted by Gasteiger charge is -2.08. The highest BCUT2D eigenvalue weighted by atomic mass is 15.0. The van der Waals surface area contributed by atoms with Crippen molar-refractivity contribution in [3.63, 3.8) is 0 Å². The molecule has 0 bridgehead atoms. The molecule has 0 saturated heterocycles. The lowest BCUT2D eigenvalue weighted by Crippen LogP contribution is -2.00. The fourth-order valence-electron chi connectivity index (χ4n) is 1.67. The summed E-state index contributed by atoms with van der Waals surface area (Å²) in [6, 6.07) is 9.97. The second kappa shape index (κ2) is 4.82. The van der Waals surface area contributed by atoms with E-state index in [0.717, 1.165) is 17.9 Å². The first-order valence-electron chi connectivity index (χ1n) is 5.64. The van der Waals surface area contributed by atoms with Gasteiger partial charge in [-0.2, -0.15) is 0 Å². The van der Waals surface area contributed by atoms with Crippen LogP contribution in [-0.2, 0) is 6.42 Å². The van der Waals surface area contributed by atoms with Crippen LogP contribution in [-0.4, -0.2) is 9.97 Å². The molecule has 1 aromatic carbocycles. The molecule has 0 fully saturated rings. The second-order valence-electron chi connectivity index (χ2n) is 3.90. The van der Waals surface area contributed by atoms with Gasteiger partial charge in [0.2, 0.25) is 0 Å². The number of nitrogens with zero attached hydrogens (tertiary/aromatic N) is 2. The Morgan fingerprint density at radius 2 is 2.06 bits per heavy atom. The normalized spacial score (nSPS) is 10.2. The van der Waals surface area contributed by atoms with E-state index in [1.807, 2.05) is 19.1 Å². The van der Waals surface area contributed by atoms with E-state index < -0.39 is 0 Å². The number of nitrogens with one attached hydrogen (secondary N) is 1. The van der Waals surface area contributed by atoms with Gasteiger partial charge in [0.05, 0.1) is 0 Å². The lowest BCUT2D eigenvalue weighted by molar-refractivity contribution is 1.06. The molecule has 3 N–H and O–H groups in total. The largest absolute Gasteiger partial charge is 0.384 e. The van der Waals surface area contributed by atoms with Gasteiger partial charge in [-0.15, -0.1) is 0 Å². The topological polar surface area (TPSA) is 63.8 Å². The molecule has 4 nitrogen and oxygen atoms in total. The average molecular weight is 228 g/mol. The van der Waals surface area contributed by atoms with Gasteiger partial charge in [-0.25, -0.2) is 9.97 Å². The van der Waals surface area contributed by atoms with Crippen LogP contribution in [0.4, 0.5) is 17.3 Å². The molecule has 0 spiro atoms. The van der Waals surface area contributed by atoms with E-state index in [0.29, 0.717) is 11.6 Å². The SMILES string of the molecule is CCc1cccc(Nc2cc(N)nc(C)n2)c1. The molecule has 1 heterocycles. The third-order valence-corrected chi connectivity index (χ3v) is 2.47. The van der Waals surface area contributed by atoms with Crippen LogP contribution >= 0.6 is 0 Å². The van der Waals surface area contributed by atoms with Gasteiger partial charge in [-0.1, -0.05) is 19.1 Å². The number of aromatic nitrogens is 2. The summed E-state index contributed by atoms with van der Waals surface area (Å²) in [4.78, 5) is 8.32. The Morgan fingerprint density at radius 1 is 1.24 bits per heavy atom. The zero-order chi connectivity index (χ0) is 12.3. The smallest absolute Gasteiger partial charge is 0.136 e. The van der Waals surface area contributed by atoms with Gasteiger partial charge in [0.15, 0.2) is 0 Å². The van der Waals surface area contributed by atoms with E-state index in [1.54, 1.807) is 6.07 Å². The van der Waals surface area contributed by atoms with Crippen molar-refractivity contribution in [3.8, 4) is 0 Å². The Morgan fingerprint density at radius 3 is 2.76 bits per heavy atom. The fraction of sp³-hybridized carbons (Fsp3) is 0.231. The lowest BCUT2D eigenvalue weighted by atomic mass is 10.1. The number of benzene rings is 1. The minimum absolute atomic E-state index is 0.478. The molecule has 17 heavy (non-hydrogen) atoms. The summed E-state index contributed by atoms with van der Waals surface area (Å²) in [5.74, 6) is 1.87. The molecule has 0 aliphatic carbocycles. The standard InChI is InChI=1S/C13H16N4/c1-3-10-5-4-6-11(7-10)17-13-8-12(14)15-9(2)16-13/h4-8H,3H2,1-2H3,(H3,14,15,16,17). The van der Waals surface area contributed by atoms with Gasteiger partial charge in [0.1, 0.15) is 17.5 Å². The van der Waals surface area contributed by atoms with Crippen molar-refractivity contribution >= 4 is 17.3 Å². The van der Waals surface area contributed by atoms with Crippen molar-refractivity contribution in [1.82, 2.24) is 9.97 Å². The van der Waals surface area contributed by atoms with E-state index in [1.165, 1.54) is 5.56 Å². The maximum Gasteiger partial charge on any atom is 0.136 e. The minimum Gasteiger partial charge on any atom is -0.384 e. The molecule has 88 valence electrons. The molecular weight excluding hydrogens is 212 g/mol. The van der Waals surface area contributed by atoms with E-state index in [4.69, 9.17) is 5.73 Å². The quantitative estimate of drug-likeness (QED) is 0.847. The van der Waals surface area contributed by atoms with Crippen molar-refractivity contribution in [2.45, 2.75) is 20.3 Å². The summed E-state index contributed by atoms with van der Waals surface area (Å²) >= 11 is 0. The number of nitrogen functional groups attached to an aromatic ring is 1. The van der Waals surface area contributed by atoms with Crippen LogP contribution in [0.15, 0.2) is 30.3 Å². The first kappa shape index (κ1) is 11.4. The molecule has 1 aromatic heterocycles. The highest BCUT2D eigenvalue weighted by Gasteiger charge is 2.00. The van der Waals surface area contributed by atoms with E-state index in [2.05, 4.69) is 34.3 Å². The van der Waals surface area contributed by atoms with Gasteiger partial charge >= 0.3 is 0 Å². The number of nitrogens with two attached hydrogens (primary N) is 1. The van der Waals surface area contributed by atoms with Crippen LogP contribution in [0.25, 0.3) is 0 Å². The van der Waals surface area contributed by atoms with Crippen LogP contribution in [0.1, 0.15) is 18.3 Å². The summed E-state index contributed by atoms with van der Waals surface area (Å²) in [7, 11) is 0. The summed E-state index contributed by atoms with van der Waals surface area (Å²) in [6.07, 6.45) is 1.01. The number of hydrogen-bond donors (Lipinski definition) is 2. The molecule has 2 aromatic rings. The Bertz CT molecular complexity index is 502. The molecule has 0 saturated carbocycles. The first-order chi connectivity index (χ1) is 8.17. The summed E-state index contributed by atoms with van der Waals surface area (Å²) in [6.45, 7) is 3.95. The highest BCUT2D eigenvalue weighted by molar-refractivity contribution is 5.59. The Balaban J connectivity index is 2.24. The monoisotopic (exact) mass is 228 g/mol. The van der Waals surface area contributed by atoms with Gasteiger partial charge in [0, 0.05) is 11.8 Å². The molecule has 0 radical (unpaired) electrons. The average Bonchev–Trinajstić information content (AvgIpc) is 2.28. The van der Waals surface area contributed by atoms with Crippen LogP contribution in [0.2, 0.25) is 0 Å². The maximum atomic E-state index is 5.68. The molecular formula is C13H16N4. The van der Waals surface area contributed by atoms with Gasteiger partial charge in [-0.3, -0.25) is 0 Å². The van der Waals surface area contributed by atoms with Crippen LogP contribution < -0.4 is 11.1 Å². The van der Waals surface area contributed by atoms with Gasteiger partial charge < -0.3 is 11.1 Å². The molecule has 2 rings (SSSR count). The molecule has 0 atom stereocenters. The zero-order valence-corrected chi connectivity index (χ0v) is 10.1. The van der Waals surface area contributed by atoms with Gasteiger partial charge in [-0.05, 0) is 31.0 Å². The first-order valence-corrected chi connectivity index (χ1v) is 5.64. The zero-order valence-electron chi connectivity index (χ0n) is 10.1. The highest BCUT2D eigenvalue weighted by Crippen LogP contribution is 2.17. The molecule has 0 amide bonds. The van der Waals surface area contributed by atoms with E-state index in [9.17, 15) is 0 Å². The summed E-state index contributed by atoms with van der Waals surface area (Å²) in [5, 5.41) is 3.23. The summed E-state index contributed by atoms with van der Waals surface area (Å²) < 4.78 is 0. The predicted octanol–water partition coefficient (Wildman–Crippen LogP) is 2.67. The minimum atomic E-state index is 0.478. The maximum absolute atomic E-state index is 5.68. The van der Waals surface area contributed by atoms with E-state index >= 15 is 0 Å². The molecule has 4 heteroatoms. The summed E-state index contributed by atoms with van der Waals surface area (Å²) in [5.41, 5.74) is 7.98. The van der Waals surface area contributed by atoms with Crippen LogP contribution in [0, 0.1) is 6.92 Å². The van der Waals surface area contributed by atoms with Crippen molar-refractivity contribution in [2.75, 3.05) is 11.1 Å². The number of anilines is 3. The van der Waals surface area contributed by atoms with E-state index in [-0.39, 0.29) is 0 Å². The fourth-order valence-corrected chi connectivity index (χ4v) is 1.67. The van der Waals surface area contributed by atoms with Crippen LogP contribution in [0.3, 0.4) is 0 Å². The number of hydrogen-bond acceptors (Lipinski definition) is 4. The molecule has 0 aliphatic heterocycles.